The summed E-state index contributed by atoms with van der Waals surface area (Å²) in [4.78, 5) is 24.6. The van der Waals surface area contributed by atoms with Crippen molar-refractivity contribution < 1.29 is 23.8 Å². The molecule has 27 heavy (non-hydrogen) atoms. The maximum absolute atomic E-state index is 12.5. The summed E-state index contributed by atoms with van der Waals surface area (Å²) < 4.78 is 17.9. The lowest BCUT2D eigenvalue weighted by Gasteiger charge is -2.58. The maximum atomic E-state index is 12.5. The van der Waals surface area contributed by atoms with Crippen LogP contribution in [0.15, 0.2) is 11.6 Å². The molecule has 0 amide bonds. The quantitative estimate of drug-likeness (QED) is 0.693. The van der Waals surface area contributed by atoms with Crippen LogP contribution in [-0.2, 0) is 23.8 Å². The number of carbonyl (C=O) groups excluding carboxylic acids is 2. The lowest BCUT2D eigenvalue weighted by Crippen LogP contribution is -2.59. The summed E-state index contributed by atoms with van der Waals surface area (Å²) in [6.45, 7) is 2.28. The third-order valence-corrected chi connectivity index (χ3v) is 9.06. The number of fused-ring (bicyclic) bond motifs is 1. The summed E-state index contributed by atoms with van der Waals surface area (Å²) in [6, 6.07) is 0. The first kappa shape index (κ1) is 17.9. The Bertz CT molecular complexity index is 728. The number of esters is 1. The fraction of sp³-hybridized carbons (Fsp3) is 0.818. The van der Waals surface area contributed by atoms with Crippen molar-refractivity contribution in [1.82, 2.24) is 0 Å². The second-order valence-electron chi connectivity index (χ2n) is 9.62. The first-order valence-electron chi connectivity index (χ1n) is 10.4. The van der Waals surface area contributed by atoms with E-state index in [1.165, 1.54) is 12.7 Å². The van der Waals surface area contributed by atoms with E-state index in [1.807, 2.05) is 6.08 Å². The molecule has 5 nitrogen and oxygen atoms in total. The van der Waals surface area contributed by atoms with Gasteiger partial charge in [-0.25, -0.2) is 0 Å². The standard InChI is InChI=1S/C22H30O5/c1-20-9-8-17-21-10-7-14(23)12-13(21)6-11-22(17,27-19(21)26-3)16(20)5-4-15(20)18(24)25-2/h12,15-17,19H,4-11H2,1-3H3/t15-,16-,17-,19+,20-,21-,22-/m1/s1. The van der Waals surface area contributed by atoms with Crippen molar-refractivity contribution in [1.29, 1.82) is 0 Å². The van der Waals surface area contributed by atoms with Crippen LogP contribution >= 0.6 is 0 Å². The number of ketones is 1. The van der Waals surface area contributed by atoms with E-state index in [9.17, 15) is 9.59 Å². The van der Waals surface area contributed by atoms with Gasteiger partial charge in [0.25, 0.3) is 0 Å². The van der Waals surface area contributed by atoms with Gasteiger partial charge in [0.05, 0.1) is 18.6 Å². The fourth-order valence-corrected chi connectivity index (χ4v) is 8.04. The van der Waals surface area contributed by atoms with Crippen LogP contribution in [0.3, 0.4) is 0 Å². The SMILES string of the molecule is COC(=O)[C@H]1CC[C@@H]2[C@]1(C)CC[C@H]1[C@@]23CCC2=CC(=O)CC[C@@]21[C@@H](OC)O3. The molecule has 3 saturated carbocycles. The molecule has 0 aromatic rings. The van der Waals surface area contributed by atoms with Gasteiger partial charge in [-0.05, 0) is 62.4 Å². The van der Waals surface area contributed by atoms with Gasteiger partial charge in [-0.1, -0.05) is 12.5 Å². The van der Waals surface area contributed by atoms with E-state index in [0.29, 0.717) is 18.3 Å². The molecule has 1 aliphatic heterocycles. The van der Waals surface area contributed by atoms with Crippen LogP contribution in [0.2, 0.25) is 0 Å². The highest BCUT2D eigenvalue weighted by molar-refractivity contribution is 5.91. The molecule has 1 spiro atoms. The zero-order valence-corrected chi connectivity index (χ0v) is 16.6. The largest absolute Gasteiger partial charge is 0.469 e. The maximum Gasteiger partial charge on any atom is 0.309 e. The van der Waals surface area contributed by atoms with Gasteiger partial charge in [0, 0.05) is 24.9 Å². The number of methoxy groups -OCH3 is 2. The van der Waals surface area contributed by atoms with E-state index in [4.69, 9.17) is 14.2 Å². The Morgan fingerprint density at radius 1 is 1.11 bits per heavy atom. The van der Waals surface area contributed by atoms with Crippen molar-refractivity contribution in [3.63, 3.8) is 0 Å². The van der Waals surface area contributed by atoms with Crippen molar-refractivity contribution in [3.8, 4) is 0 Å². The molecule has 1 heterocycles. The summed E-state index contributed by atoms with van der Waals surface area (Å²) in [6.07, 6.45) is 8.85. The number of rotatable bonds is 2. The predicted molar refractivity (Wildman–Crippen MR) is 97.7 cm³/mol. The van der Waals surface area contributed by atoms with Crippen molar-refractivity contribution in [2.45, 2.75) is 70.2 Å². The predicted octanol–water partition coefficient (Wildman–Crippen LogP) is 3.41. The normalized spacial score (nSPS) is 50.5. The zero-order chi connectivity index (χ0) is 19.0. The van der Waals surface area contributed by atoms with Crippen LogP contribution in [0, 0.1) is 28.6 Å². The Labute approximate surface area is 160 Å². The molecular weight excluding hydrogens is 344 g/mol. The van der Waals surface area contributed by atoms with E-state index in [0.717, 1.165) is 44.9 Å². The van der Waals surface area contributed by atoms with Gasteiger partial charge in [0.15, 0.2) is 12.1 Å². The highest BCUT2D eigenvalue weighted by Crippen LogP contribution is 2.74. The van der Waals surface area contributed by atoms with Gasteiger partial charge in [-0.3, -0.25) is 9.59 Å². The van der Waals surface area contributed by atoms with Crippen molar-refractivity contribution in [3.05, 3.63) is 11.6 Å². The van der Waals surface area contributed by atoms with Gasteiger partial charge < -0.3 is 14.2 Å². The Morgan fingerprint density at radius 2 is 1.93 bits per heavy atom. The molecule has 0 radical (unpaired) electrons. The van der Waals surface area contributed by atoms with Crippen LogP contribution in [0.4, 0.5) is 0 Å². The lowest BCUT2D eigenvalue weighted by atomic mass is 9.46. The van der Waals surface area contributed by atoms with E-state index in [-0.39, 0.29) is 40.4 Å². The van der Waals surface area contributed by atoms with Crippen LogP contribution in [0.25, 0.3) is 0 Å². The van der Waals surface area contributed by atoms with Crippen LogP contribution in [0.5, 0.6) is 0 Å². The second-order valence-corrected chi connectivity index (χ2v) is 9.62. The lowest BCUT2D eigenvalue weighted by molar-refractivity contribution is -0.210. The van der Waals surface area contributed by atoms with Gasteiger partial charge in [0.1, 0.15) is 0 Å². The molecule has 0 aromatic heterocycles. The fourth-order valence-electron chi connectivity index (χ4n) is 8.04. The minimum Gasteiger partial charge on any atom is -0.469 e. The average molecular weight is 374 g/mol. The number of ether oxygens (including phenoxy) is 3. The minimum atomic E-state index is -0.274. The Kier molecular flexibility index (Phi) is 3.75. The van der Waals surface area contributed by atoms with Gasteiger partial charge in [-0.2, -0.15) is 0 Å². The molecule has 2 bridgehead atoms. The molecule has 0 N–H and O–H groups in total. The van der Waals surface area contributed by atoms with Gasteiger partial charge >= 0.3 is 5.97 Å². The number of hydrogen-bond acceptors (Lipinski definition) is 5. The zero-order valence-electron chi connectivity index (χ0n) is 16.6. The molecule has 4 fully saturated rings. The smallest absolute Gasteiger partial charge is 0.309 e. The Balaban J connectivity index is 1.60. The molecule has 0 unspecified atom stereocenters. The molecule has 1 saturated heterocycles. The van der Waals surface area contributed by atoms with E-state index in [1.54, 1.807) is 7.11 Å². The molecule has 7 atom stereocenters. The number of hydrogen-bond donors (Lipinski definition) is 0. The monoisotopic (exact) mass is 374 g/mol. The summed E-state index contributed by atoms with van der Waals surface area (Å²) in [5.41, 5.74) is 0.814. The van der Waals surface area contributed by atoms with Gasteiger partial charge in [-0.15, -0.1) is 0 Å². The van der Waals surface area contributed by atoms with Gasteiger partial charge in [0.2, 0.25) is 0 Å². The Morgan fingerprint density at radius 3 is 2.67 bits per heavy atom. The van der Waals surface area contributed by atoms with E-state index < -0.39 is 0 Å². The van der Waals surface area contributed by atoms with Crippen LogP contribution in [0.1, 0.15) is 58.3 Å². The highest BCUT2D eigenvalue weighted by atomic mass is 16.7. The van der Waals surface area contributed by atoms with Crippen LogP contribution in [-0.4, -0.2) is 37.9 Å². The van der Waals surface area contributed by atoms with Crippen molar-refractivity contribution in [2.75, 3.05) is 14.2 Å². The molecule has 5 heteroatoms. The van der Waals surface area contributed by atoms with Crippen LogP contribution < -0.4 is 0 Å². The molecule has 148 valence electrons. The summed E-state index contributed by atoms with van der Waals surface area (Å²) >= 11 is 0. The topological polar surface area (TPSA) is 61.8 Å². The van der Waals surface area contributed by atoms with E-state index in [2.05, 4.69) is 6.92 Å². The Hall–Kier alpha value is -1.20. The average Bonchev–Trinajstić information content (AvgIpc) is 3.11. The first-order chi connectivity index (χ1) is 12.9. The number of carbonyl (C=O) groups is 2. The molecule has 5 rings (SSSR count). The first-order valence-corrected chi connectivity index (χ1v) is 10.4. The molecule has 4 aliphatic carbocycles. The molecule has 0 aromatic carbocycles. The van der Waals surface area contributed by atoms with E-state index >= 15 is 0 Å². The second kappa shape index (κ2) is 5.66. The summed E-state index contributed by atoms with van der Waals surface area (Å²) in [5.74, 6) is 0.887. The molecular formula is C22H30O5. The summed E-state index contributed by atoms with van der Waals surface area (Å²) in [7, 11) is 3.24. The summed E-state index contributed by atoms with van der Waals surface area (Å²) in [5, 5.41) is 0. The highest BCUT2D eigenvalue weighted by Gasteiger charge is 2.75. The third-order valence-electron chi connectivity index (χ3n) is 9.06. The molecule has 5 aliphatic rings. The third kappa shape index (κ3) is 1.97. The van der Waals surface area contributed by atoms with Crippen molar-refractivity contribution >= 4 is 11.8 Å². The minimum absolute atomic E-state index is 0.0335. The van der Waals surface area contributed by atoms with Crippen molar-refractivity contribution in [2.24, 2.45) is 28.6 Å².